The molecule has 2 N–H and O–H groups in total. The fourth-order valence-electron chi connectivity index (χ4n) is 3.16. The number of nitrogens with zero attached hydrogens (tertiary/aromatic N) is 2. The Kier molecular flexibility index (Phi) is 3.41. The lowest BCUT2D eigenvalue weighted by Crippen LogP contribution is -2.31. The molecule has 0 aliphatic carbocycles. The molecule has 3 aromatic rings. The highest BCUT2D eigenvalue weighted by Gasteiger charge is 2.32. The van der Waals surface area contributed by atoms with Crippen LogP contribution >= 0.6 is 0 Å². The van der Waals surface area contributed by atoms with Crippen LogP contribution in [0.4, 0.5) is 4.39 Å². The Morgan fingerprint density at radius 3 is 2.96 bits per heavy atom. The standard InChI is InChI=1S/C17H15FN4O2/c18-11-4-5-12-13(8-11)21-16(20-12)14-2-1-7-22(14)17(24)10-3-6-15(23)19-9-10/h3-6,8-9,14H,1-2,7H2,(H,19,23)(H,20,21)/t14-/m0/s1. The van der Waals surface area contributed by atoms with E-state index in [1.807, 2.05) is 0 Å². The number of amides is 1. The Labute approximate surface area is 136 Å². The third-order valence-corrected chi connectivity index (χ3v) is 4.32. The number of aromatic amines is 2. The molecule has 1 aliphatic rings. The van der Waals surface area contributed by atoms with Crippen molar-refractivity contribution in [1.29, 1.82) is 0 Å². The third-order valence-electron chi connectivity index (χ3n) is 4.32. The van der Waals surface area contributed by atoms with E-state index in [2.05, 4.69) is 15.0 Å². The molecule has 0 radical (unpaired) electrons. The fourth-order valence-corrected chi connectivity index (χ4v) is 3.16. The summed E-state index contributed by atoms with van der Waals surface area (Å²) in [6.07, 6.45) is 3.08. The van der Waals surface area contributed by atoms with Crippen LogP contribution in [0.2, 0.25) is 0 Å². The summed E-state index contributed by atoms with van der Waals surface area (Å²) in [5.41, 5.74) is 1.48. The van der Waals surface area contributed by atoms with Gasteiger partial charge in [-0.05, 0) is 37.1 Å². The van der Waals surface area contributed by atoms with E-state index in [-0.39, 0.29) is 23.3 Å². The zero-order valence-corrected chi connectivity index (χ0v) is 12.8. The van der Waals surface area contributed by atoms with Gasteiger partial charge in [-0.25, -0.2) is 9.37 Å². The second-order valence-electron chi connectivity index (χ2n) is 5.88. The number of benzene rings is 1. The molecule has 7 heteroatoms. The van der Waals surface area contributed by atoms with E-state index in [1.54, 1.807) is 11.0 Å². The molecule has 0 unspecified atom stereocenters. The van der Waals surface area contributed by atoms with Gasteiger partial charge in [0.15, 0.2) is 0 Å². The minimum absolute atomic E-state index is 0.152. The zero-order valence-electron chi connectivity index (χ0n) is 12.8. The Hall–Kier alpha value is -2.96. The van der Waals surface area contributed by atoms with Gasteiger partial charge in [-0.1, -0.05) is 0 Å². The summed E-state index contributed by atoms with van der Waals surface area (Å²) in [7, 11) is 0. The number of hydrogen-bond donors (Lipinski definition) is 2. The van der Waals surface area contributed by atoms with Crippen molar-refractivity contribution >= 4 is 16.9 Å². The molecule has 1 aliphatic heterocycles. The number of carbonyl (C=O) groups excluding carboxylic acids is 1. The number of aromatic nitrogens is 3. The van der Waals surface area contributed by atoms with Crippen molar-refractivity contribution in [3.63, 3.8) is 0 Å². The topological polar surface area (TPSA) is 81.8 Å². The second-order valence-corrected chi connectivity index (χ2v) is 5.88. The monoisotopic (exact) mass is 326 g/mol. The predicted molar refractivity (Wildman–Crippen MR) is 86.1 cm³/mol. The smallest absolute Gasteiger partial charge is 0.255 e. The molecule has 1 atom stereocenters. The van der Waals surface area contributed by atoms with Gasteiger partial charge in [-0.3, -0.25) is 9.59 Å². The first-order valence-electron chi connectivity index (χ1n) is 7.77. The van der Waals surface area contributed by atoms with Crippen molar-refractivity contribution in [2.75, 3.05) is 6.54 Å². The van der Waals surface area contributed by atoms with Crippen LogP contribution in [0.25, 0.3) is 11.0 Å². The van der Waals surface area contributed by atoms with Crippen LogP contribution in [0.15, 0.2) is 41.3 Å². The van der Waals surface area contributed by atoms with E-state index in [1.165, 1.54) is 30.5 Å². The summed E-state index contributed by atoms with van der Waals surface area (Å²) in [6, 6.07) is 7.06. The Bertz CT molecular complexity index is 958. The van der Waals surface area contributed by atoms with Crippen LogP contribution in [0, 0.1) is 5.82 Å². The van der Waals surface area contributed by atoms with Gasteiger partial charge in [-0.15, -0.1) is 0 Å². The van der Waals surface area contributed by atoms with Crippen molar-refractivity contribution in [3.8, 4) is 0 Å². The maximum atomic E-state index is 13.3. The van der Waals surface area contributed by atoms with Gasteiger partial charge in [0, 0.05) is 18.8 Å². The molecule has 6 nitrogen and oxygen atoms in total. The summed E-state index contributed by atoms with van der Waals surface area (Å²) in [6.45, 7) is 0.619. The SMILES string of the molecule is O=C(c1ccc(=O)[nH]c1)N1CCC[C@H]1c1nc2ccc(F)cc2[nH]1. The van der Waals surface area contributed by atoms with Crippen molar-refractivity contribution < 1.29 is 9.18 Å². The molecule has 0 spiro atoms. The summed E-state index contributed by atoms with van der Waals surface area (Å²) >= 11 is 0. The molecule has 1 saturated heterocycles. The lowest BCUT2D eigenvalue weighted by molar-refractivity contribution is 0.0730. The summed E-state index contributed by atoms with van der Waals surface area (Å²) < 4.78 is 13.3. The van der Waals surface area contributed by atoms with E-state index in [4.69, 9.17) is 0 Å². The van der Waals surface area contributed by atoms with Crippen LogP contribution in [0.5, 0.6) is 0 Å². The van der Waals surface area contributed by atoms with E-state index in [0.717, 1.165) is 12.8 Å². The van der Waals surface area contributed by atoms with Gasteiger partial charge in [-0.2, -0.15) is 0 Å². The maximum absolute atomic E-state index is 13.3. The summed E-state index contributed by atoms with van der Waals surface area (Å²) in [4.78, 5) is 35.7. The van der Waals surface area contributed by atoms with Crippen LogP contribution in [0.1, 0.15) is 35.1 Å². The first kappa shape index (κ1) is 14.6. The normalized spacial score (nSPS) is 17.5. The minimum Gasteiger partial charge on any atom is -0.340 e. The third kappa shape index (κ3) is 2.47. The number of halogens is 1. The average molecular weight is 326 g/mol. The fraction of sp³-hybridized carbons (Fsp3) is 0.235. The number of imidazole rings is 1. The molecule has 1 aromatic carbocycles. The van der Waals surface area contributed by atoms with Crippen molar-refractivity contribution in [3.05, 3.63) is 64.1 Å². The Balaban J connectivity index is 1.67. The van der Waals surface area contributed by atoms with Crippen LogP contribution < -0.4 is 5.56 Å². The van der Waals surface area contributed by atoms with E-state index in [9.17, 15) is 14.0 Å². The minimum atomic E-state index is -0.328. The van der Waals surface area contributed by atoms with Gasteiger partial charge >= 0.3 is 0 Å². The predicted octanol–water partition coefficient (Wildman–Crippen LogP) is 2.37. The second kappa shape index (κ2) is 5.59. The molecule has 2 aromatic heterocycles. The highest BCUT2D eigenvalue weighted by molar-refractivity contribution is 5.94. The first-order chi connectivity index (χ1) is 11.6. The van der Waals surface area contributed by atoms with Gasteiger partial charge in [0.05, 0.1) is 22.6 Å². The molecule has 0 saturated carbocycles. The van der Waals surface area contributed by atoms with Crippen molar-refractivity contribution in [2.24, 2.45) is 0 Å². The molecular formula is C17H15FN4O2. The first-order valence-corrected chi connectivity index (χ1v) is 7.77. The molecule has 3 heterocycles. The number of nitrogens with one attached hydrogen (secondary N) is 2. The van der Waals surface area contributed by atoms with Gasteiger partial charge in [0.1, 0.15) is 11.6 Å². The summed E-state index contributed by atoms with van der Waals surface area (Å²) in [5.74, 6) is 0.177. The van der Waals surface area contributed by atoms with E-state index < -0.39 is 0 Å². The Morgan fingerprint density at radius 1 is 1.29 bits per heavy atom. The maximum Gasteiger partial charge on any atom is 0.255 e. The lowest BCUT2D eigenvalue weighted by Gasteiger charge is -2.23. The molecule has 24 heavy (non-hydrogen) atoms. The highest BCUT2D eigenvalue weighted by atomic mass is 19.1. The van der Waals surface area contributed by atoms with Crippen LogP contribution in [0.3, 0.4) is 0 Å². The number of likely N-dealkylation sites (tertiary alicyclic amines) is 1. The average Bonchev–Trinajstić information content (AvgIpc) is 3.20. The molecule has 1 amide bonds. The molecule has 1 fully saturated rings. The number of fused-ring (bicyclic) bond motifs is 1. The van der Waals surface area contributed by atoms with Gasteiger partial charge in [0.2, 0.25) is 5.56 Å². The molecular weight excluding hydrogens is 311 g/mol. The number of carbonyl (C=O) groups is 1. The summed E-state index contributed by atoms with van der Waals surface area (Å²) in [5, 5.41) is 0. The largest absolute Gasteiger partial charge is 0.340 e. The van der Waals surface area contributed by atoms with E-state index in [0.29, 0.717) is 29.0 Å². The number of pyridine rings is 1. The molecule has 0 bridgehead atoms. The van der Waals surface area contributed by atoms with E-state index >= 15 is 0 Å². The lowest BCUT2D eigenvalue weighted by atomic mass is 10.2. The number of H-pyrrole nitrogens is 2. The number of hydrogen-bond acceptors (Lipinski definition) is 3. The number of rotatable bonds is 2. The van der Waals surface area contributed by atoms with Crippen LogP contribution in [-0.4, -0.2) is 32.3 Å². The molecule has 122 valence electrons. The highest BCUT2D eigenvalue weighted by Crippen LogP contribution is 2.32. The Morgan fingerprint density at radius 2 is 2.17 bits per heavy atom. The van der Waals surface area contributed by atoms with Crippen molar-refractivity contribution in [1.82, 2.24) is 19.9 Å². The van der Waals surface area contributed by atoms with Gasteiger partial charge in [0.25, 0.3) is 5.91 Å². The molecule has 4 rings (SSSR count). The van der Waals surface area contributed by atoms with Crippen molar-refractivity contribution in [2.45, 2.75) is 18.9 Å². The van der Waals surface area contributed by atoms with Crippen LogP contribution in [-0.2, 0) is 0 Å². The quantitative estimate of drug-likeness (QED) is 0.758. The van der Waals surface area contributed by atoms with Gasteiger partial charge < -0.3 is 14.9 Å². The zero-order chi connectivity index (χ0) is 16.7.